The van der Waals surface area contributed by atoms with E-state index in [-0.39, 0.29) is 38.2 Å². The maximum absolute atomic E-state index is 13.0. The van der Waals surface area contributed by atoms with Crippen LogP contribution in [0, 0.1) is 0 Å². The highest BCUT2D eigenvalue weighted by molar-refractivity contribution is 5.93. The highest BCUT2D eigenvalue weighted by Gasteiger charge is 2.26. The number of aromatic nitrogens is 1. The Balaban J connectivity index is 2.05. The minimum Gasteiger partial charge on any atom is -0.481 e. The monoisotopic (exact) mass is 546 g/mol. The van der Waals surface area contributed by atoms with Gasteiger partial charge in [-0.2, -0.15) is 0 Å². The maximum atomic E-state index is 13.0. The molecule has 1 heterocycles. The number of hydrogen-bond donors (Lipinski definition) is 9. The fourth-order valence-corrected chi connectivity index (χ4v) is 3.72. The van der Waals surface area contributed by atoms with Gasteiger partial charge in [0.1, 0.15) is 12.1 Å². The average Bonchev–Trinajstić information content (AvgIpc) is 3.29. The zero-order chi connectivity index (χ0) is 28.9. The first-order valence-corrected chi connectivity index (χ1v) is 12.2. The van der Waals surface area contributed by atoms with Gasteiger partial charge in [0, 0.05) is 36.5 Å². The Morgan fingerprint density at radius 3 is 2.36 bits per heavy atom. The molecule has 212 valence electrons. The van der Waals surface area contributed by atoms with Crippen LogP contribution in [0.15, 0.2) is 35.5 Å². The number of aliphatic carboxylic acids is 2. The molecular weight excluding hydrogens is 512 g/mol. The molecule has 3 amide bonds. The molecule has 1 aromatic heterocycles. The lowest BCUT2D eigenvalue weighted by Crippen LogP contribution is -2.54. The molecule has 0 saturated carbocycles. The predicted octanol–water partition coefficient (Wildman–Crippen LogP) is -1.87. The average molecular weight is 547 g/mol. The van der Waals surface area contributed by atoms with Gasteiger partial charge in [0.2, 0.25) is 17.7 Å². The van der Waals surface area contributed by atoms with Crippen LogP contribution in [0.25, 0.3) is 10.9 Å². The van der Waals surface area contributed by atoms with Gasteiger partial charge >= 0.3 is 11.9 Å². The third-order valence-corrected chi connectivity index (χ3v) is 5.74. The highest BCUT2D eigenvalue weighted by atomic mass is 16.4. The first-order chi connectivity index (χ1) is 18.5. The van der Waals surface area contributed by atoms with E-state index in [2.05, 4.69) is 25.9 Å². The SMILES string of the molecule is NC(N)=NCCCC(NC(=O)CNC(=O)C(Cc1c[nH]c2ccccc12)NC(=O)C(N)CCC(=O)O)C(=O)O. The summed E-state index contributed by atoms with van der Waals surface area (Å²) in [7, 11) is 0. The van der Waals surface area contributed by atoms with Crippen molar-refractivity contribution < 1.29 is 34.2 Å². The highest BCUT2D eigenvalue weighted by Crippen LogP contribution is 2.19. The number of hydrogen-bond acceptors (Lipinski definition) is 7. The number of rotatable bonds is 16. The smallest absolute Gasteiger partial charge is 0.326 e. The third-order valence-electron chi connectivity index (χ3n) is 5.74. The largest absolute Gasteiger partial charge is 0.481 e. The van der Waals surface area contributed by atoms with E-state index in [0.717, 1.165) is 10.9 Å². The number of nitrogens with two attached hydrogens (primary N) is 3. The Morgan fingerprint density at radius 2 is 1.69 bits per heavy atom. The van der Waals surface area contributed by atoms with E-state index in [4.69, 9.17) is 22.3 Å². The first kappa shape index (κ1) is 30.6. The minimum atomic E-state index is -1.26. The van der Waals surface area contributed by atoms with Gasteiger partial charge in [-0.3, -0.25) is 24.2 Å². The fraction of sp³-hybridized carbons (Fsp3) is 0.417. The summed E-state index contributed by atoms with van der Waals surface area (Å²) in [5.74, 6) is -4.72. The van der Waals surface area contributed by atoms with Crippen molar-refractivity contribution in [3.8, 4) is 0 Å². The molecule has 0 fully saturated rings. The maximum Gasteiger partial charge on any atom is 0.326 e. The van der Waals surface area contributed by atoms with Crippen LogP contribution >= 0.6 is 0 Å². The topological polar surface area (TPSA) is 268 Å². The number of carbonyl (C=O) groups is 5. The number of aliphatic imine (C=N–C) groups is 1. The van der Waals surface area contributed by atoms with Crippen molar-refractivity contribution in [2.45, 2.75) is 50.2 Å². The normalized spacial score (nSPS) is 13.1. The van der Waals surface area contributed by atoms with E-state index in [1.165, 1.54) is 0 Å². The molecule has 0 aliphatic carbocycles. The van der Waals surface area contributed by atoms with Gasteiger partial charge < -0.3 is 48.3 Å². The fourth-order valence-electron chi connectivity index (χ4n) is 3.72. The van der Waals surface area contributed by atoms with Gasteiger partial charge in [-0.25, -0.2) is 4.79 Å². The Bertz CT molecular complexity index is 1210. The number of carbonyl (C=O) groups excluding carboxylic acids is 3. The number of guanidine groups is 1. The lowest BCUT2D eigenvalue weighted by Gasteiger charge is -2.21. The van der Waals surface area contributed by atoms with Crippen LogP contribution in [-0.2, 0) is 30.4 Å². The molecular formula is C24H34N8O7. The van der Waals surface area contributed by atoms with Gasteiger partial charge in [-0.1, -0.05) is 18.2 Å². The number of nitrogens with one attached hydrogen (secondary N) is 4. The van der Waals surface area contributed by atoms with Crippen molar-refractivity contribution in [2.75, 3.05) is 13.1 Å². The third kappa shape index (κ3) is 10.3. The standard InChI is InChI=1S/C24H34N8O7/c25-15(7-8-20(34)35)21(36)32-18(10-13-11-29-16-5-2-1-4-14(13)16)22(37)30-12-19(33)31-17(23(38)39)6-3-9-28-24(26)27/h1-2,4-5,11,15,17-18,29H,3,6-10,12,25H2,(H,30,37)(H,31,33)(H,32,36)(H,34,35)(H,38,39)(H4,26,27,28). The summed E-state index contributed by atoms with van der Waals surface area (Å²) < 4.78 is 0. The summed E-state index contributed by atoms with van der Waals surface area (Å²) >= 11 is 0. The molecule has 0 spiro atoms. The molecule has 2 aromatic rings. The quantitative estimate of drug-likeness (QED) is 0.0642. The summed E-state index contributed by atoms with van der Waals surface area (Å²) in [6, 6.07) is 3.78. The van der Waals surface area contributed by atoms with Crippen LogP contribution in [0.2, 0.25) is 0 Å². The molecule has 1 aromatic carbocycles. The molecule has 39 heavy (non-hydrogen) atoms. The lowest BCUT2D eigenvalue weighted by atomic mass is 10.0. The van der Waals surface area contributed by atoms with Crippen LogP contribution in [0.5, 0.6) is 0 Å². The van der Waals surface area contributed by atoms with Crippen molar-refractivity contribution in [1.82, 2.24) is 20.9 Å². The molecule has 3 unspecified atom stereocenters. The number of fused-ring (bicyclic) bond motifs is 1. The van der Waals surface area contributed by atoms with Gasteiger partial charge in [0.25, 0.3) is 0 Å². The second kappa shape index (κ2) is 14.9. The lowest BCUT2D eigenvalue weighted by molar-refractivity contribution is -0.142. The summed E-state index contributed by atoms with van der Waals surface area (Å²) in [6.07, 6.45) is 1.61. The molecule has 2 rings (SSSR count). The summed E-state index contributed by atoms with van der Waals surface area (Å²) in [5, 5.41) is 26.3. The number of para-hydroxylation sites is 1. The van der Waals surface area contributed by atoms with Crippen LogP contribution in [0.4, 0.5) is 0 Å². The second-order valence-electron chi connectivity index (χ2n) is 8.79. The summed E-state index contributed by atoms with van der Waals surface area (Å²) in [5.41, 5.74) is 17.8. The van der Waals surface area contributed by atoms with Crippen LogP contribution in [0.1, 0.15) is 31.2 Å². The Kier molecular flexibility index (Phi) is 11.7. The predicted molar refractivity (Wildman–Crippen MR) is 141 cm³/mol. The van der Waals surface area contributed by atoms with E-state index in [1.807, 2.05) is 24.3 Å². The number of H-pyrrole nitrogens is 1. The van der Waals surface area contributed by atoms with Gasteiger partial charge in [0.05, 0.1) is 12.6 Å². The van der Waals surface area contributed by atoms with Crippen molar-refractivity contribution in [3.63, 3.8) is 0 Å². The summed E-state index contributed by atoms with van der Waals surface area (Å²) in [4.78, 5) is 67.1. The number of carboxylic acid groups (broad SMARTS) is 2. The van der Waals surface area contributed by atoms with Crippen molar-refractivity contribution in [2.24, 2.45) is 22.2 Å². The Morgan fingerprint density at radius 1 is 0.974 bits per heavy atom. The van der Waals surface area contributed by atoms with E-state index in [1.54, 1.807) is 6.20 Å². The van der Waals surface area contributed by atoms with E-state index in [0.29, 0.717) is 12.0 Å². The molecule has 12 N–H and O–H groups in total. The van der Waals surface area contributed by atoms with Crippen LogP contribution in [0.3, 0.4) is 0 Å². The molecule has 15 heteroatoms. The molecule has 0 aliphatic rings. The first-order valence-electron chi connectivity index (χ1n) is 12.2. The second-order valence-corrected chi connectivity index (χ2v) is 8.79. The van der Waals surface area contributed by atoms with Gasteiger partial charge in [-0.15, -0.1) is 0 Å². The summed E-state index contributed by atoms with van der Waals surface area (Å²) in [6.45, 7) is -0.371. The zero-order valence-electron chi connectivity index (χ0n) is 21.2. The number of amides is 3. The van der Waals surface area contributed by atoms with Crippen molar-refractivity contribution in [1.29, 1.82) is 0 Å². The molecule has 0 bridgehead atoms. The number of aromatic amines is 1. The van der Waals surface area contributed by atoms with E-state index in [9.17, 15) is 29.1 Å². The van der Waals surface area contributed by atoms with Crippen molar-refractivity contribution >= 4 is 46.5 Å². The number of nitrogens with zero attached hydrogens (tertiary/aromatic N) is 1. The van der Waals surface area contributed by atoms with Crippen molar-refractivity contribution in [3.05, 3.63) is 36.0 Å². The number of carboxylic acids is 2. The molecule has 0 saturated heterocycles. The van der Waals surface area contributed by atoms with Gasteiger partial charge in [0.15, 0.2) is 5.96 Å². The van der Waals surface area contributed by atoms with Crippen LogP contribution < -0.4 is 33.2 Å². The van der Waals surface area contributed by atoms with Crippen LogP contribution in [-0.4, -0.2) is 82.0 Å². The van der Waals surface area contributed by atoms with E-state index < -0.39 is 54.3 Å². The van der Waals surface area contributed by atoms with E-state index >= 15 is 0 Å². The molecule has 15 nitrogen and oxygen atoms in total. The Hall–Kier alpha value is -4.66. The molecule has 0 radical (unpaired) electrons. The number of benzene rings is 1. The minimum absolute atomic E-state index is 0.0391. The Labute approximate surface area is 223 Å². The molecule has 3 atom stereocenters. The van der Waals surface area contributed by atoms with Gasteiger partial charge in [-0.05, 0) is 30.9 Å². The zero-order valence-corrected chi connectivity index (χ0v) is 21.2. The molecule has 0 aliphatic heterocycles.